The molecule has 5 heavy (non-hydrogen) atoms. The number of hydrogen-bond donors (Lipinski definition) is 1. The van der Waals surface area contributed by atoms with Crippen molar-refractivity contribution in [3.8, 4) is 6.07 Å². The molecule has 2 nitrogen and oxygen atoms in total. The molecule has 0 saturated carbocycles. The summed E-state index contributed by atoms with van der Waals surface area (Å²) in [6.07, 6.45) is 0. The molecule has 0 aromatic heterocycles. The van der Waals surface area contributed by atoms with Crippen molar-refractivity contribution in [2.24, 2.45) is 0 Å². The van der Waals surface area contributed by atoms with Gasteiger partial charge in [0.15, 0.2) is 0 Å². The lowest BCUT2D eigenvalue weighted by Gasteiger charge is -1.73. The van der Waals surface area contributed by atoms with Crippen molar-refractivity contribution in [1.29, 1.82) is 5.26 Å². The smallest absolute Gasteiger partial charge is 0.0838 e. The van der Waals surface area contributed by atoms with Crippen LogP contribution < -0.4 is 5.32 Å². The van der Waals surface area contributed by atoms with Crippen LogP contribution in [0.15, 0.2) is 0 Å². The Balaban J connectivity index is 2.48. The Labute approximate surface area is 31.4 Å². The van der Waals surface area contributed by atoms with Crippen molar-refractivity contribution >= 4 is 0 Å². The van der Waals surface area contributed by atoms with Crippen LogP contribution in [0, 0.1) is 11.3 Å². The topological polar surface area (TPSA) is 35.8 Å². The second-order valence-electron chi connectivity index (χ2n) is 0.688. The first-order valence-corrected chi connectivity index (χ1v) is 1.43. The van der Waals surface area contributed by atoms with Crippen molar-refractivity contribution in [3.05, 3.63) is 0 Å². The molecule has 0 aliphatic rings. The number of rotatable bonds is 1. The van der Waals surface area contributed by atoms with Crippen LogP contribution in [0.25, 0.3) is 0 Å². The van der Waals surface area contributed by atoms with Gasteiger partial charge in [-0.2, -0.15) is 5.26 Å². The Morgan fingerprint density at radius 3 is 2.60 bits per heavy atom. The molecular weight excluding hydrogens is 65.0 g/mol. The van der Waals surface area contributed by atoms with Crippen LogP contribution in [0.2, 0.25) is 0 Å². The molecule has 0 aromatic rings. The fraction of sp³-hybridized carbons (Fsp3) is 0.667. The second kappa shape index (κ2) is 3.45. The molecule has 2 heteroatoms. The lowest BCUT2D eigenvalue weighted by atomic mass is 11.0. The van der Waals surface area contributed by atoms with Crippen LogP contribution in [-0.4, -0.2) is 13.6 Å². The molecule has 28 valence electrons. The monoisotopic (exact) mass is 71.1 g/mol. The summed E-state index contributed by atoms with van der Waals surface area (Å²) in [6, 6.07) is 1.91. The highest BCUT2D eigenvalue weighted by Gasteiger charge is 1.60. The molecule has 0 rings (SSSR count). The standard InChI is InChI=1S/C3H6N2/c1-5-3-2-4/h5H,3H2,1H3/i2+1. The third-order valence-electron chi connectivity index (χ3n) is 0.256. The lowest BCUT2D eigenvalue weighted by molar-refractivity contribution is 0.928. The van der Waals surface area contributed by atoms with Gasteiger partial charge in [0.05, 0.1) is 12.6 Å². The molecule has 0 fully saturated rings. The van der Waals surface area contributed by atoms with E-state index >= 15 is 0 Å². The molecule has 0 amide bonds. The van der Waals surface area contributed by atoms with Gasteiger partial charge < -0.3 is 5.32 Å². The first-order valence-electron chi connectivity index (χ1n) is 1.43. The van der Waals surface area contributed by atoms with Gasteiger partial charge in [-0.1, -0.05) is 0 Å². The molecule has 1 N–H and O–H groups in total. The van der Waals surface area contributed by atoms with E-state index in [1.54, 1.807) is 7.05 Å². The highest BCUT2D eigenvalue weighted by Crippen LogP contribution is 1.38. The van der Waals surface area contributed by atoms with E-state index < -0.39 is 0 Å². The molecule has 0 unspecified atom stereocenters. The molecule has 0 saturated heterocycles. The second-order valence-corrected chi connectivity index (χ2v) is 0.688. The third kappa shape index (κ3) is 3.45. The number of nitrogens with zero attached hydrogens (tertiary/aromatic N) is 1. The van der Waals surface area contributed by atoms with Gasteiger partial charge in [-0.05, 0) is 7.05 Å². The lowest BCUT2D eigenvalue weighted by Crippen LogP contribution is -2.03. The van der Waals surface area contributed by atoms with Crippen molar-refractivity contribution in [2.75, 3.05) is 13.6 Å². The Morgan fingerprint density at radius 2 is 2.60 bits per heavy atom. The molecule has 0 radical (unpaired) electrons. The average Bonchev–Trinajstić information content (AvgIpc) is 1.41. The van der Waals surface area contributed by atoms with E-state index in [-0.39, 0.29) is 0 Å². The summed E-state index contributed by atoms with van der Waals surface area (Å²) in [5.41, 5.74) is 0. The summed E-state index contributed by atoms with van der Waals surface area (Å²) in [7, 11) is 1.74. The molecule has 0 heterocycles. The first-order chi connectivity index (χ1) is 2.41. The van der Waals surface area contributed by atoms with E-state index in [4.69, 9.17) is 5.26 Å². The van der Waals surface area contributed by atoms with Crippen molar-refractivity contribution in [1.82, 2.24) is 5.32 Å². The largest absolute Gasteiger partial charge is 0.308 e. The van der Waals surface area contributed by atoms with Crippen LogP contribution in [0.3, 0.4) is 0 Å². The average molecular weight is 71.1 g/mol. The molecule has 0 aliphatic heterocycles. The van der Waals surface area contributed by atoms with Crippen LogP contribution >= 0.6 is 0 Å². The van der Waals surface area contributed by atoms with Gasteiger partial charge in [-0.25, -0.2) is 0 Å². The molecular formula is C3H6N2. The molecule has 0 atom stereocenters. The zero-order chi connectivity index (χ0) is 4.12. The number of nitriles is 1. The predicted molar refractivity (Wildman–Crippen MR) is 19.5 cm³/mol. The minimum atomic E-state index is 0.444. The van der Waals surface area contributed by atoms with Gasteiger partial charge >= 0.3 is 0 Å². The van der Waals surface area contributed by atoms with Crippen LogP contribution in [0.5, 0.6) is 0 Å². The van der Waals surface area contributed by atoms with Crippen molar-refractivity contribution in [2.45, 2.75) is 0 Å². The van der Waals surface area contributed by atoms with Gasteiger partial charge in [-0.3, -0.25) is 0 Å². The summed E-state index contributed by atoms with van der Waals surface area (Å²) in [5.74, 6) is 0. The van der Waals surface area contributed by atoms with E-state index in [0.29, 0.717) is 6.54 Å². The molecule has 0 aliphatic carbocycles. The van der Waals surface area contributed by atoms with E-state index in [2.05, 4.69) is 5.32 Å². The van der Waals surface area contributed by atoms with Crippen LogP contribution in [0.1, 0.15) is 0 Å². The van der Waals surface area contributed by atoms with Gasteiger partial charge in [0.25, 0.3) is 0 Å². The van der Waals surface area contributed by atoms with Gasteiger partial charge in [-0.15, -0.1) is 0 Å². The van der Waals surface area contributed by atoms with Crippen LogP contribution in [-0.2, 0) is 0 Å². The highest BCUT2D eigenvalue weighted by atomic mass is 14.8. The minimum Gasteiger partial charge on any atom is -0.308 e. The molecule has 0 spiro atoms. The summed E-state index contributed by atoms with van der Waals surface area (Å²) in [5, 5.41) is 10.4. The van der Waals surface area contributed by atoms with Gasteiger partial charge in [0.2, 0.25) is 0 Å². The number of nitrogens with one attached hydrogen (secondary N) is 1. The maximum atomic E-state index is 7.75. The van der Waals surface area contributed by atoms with E-state index in [1.165, 1.54) is 0 Å². The summed E-state index contributed by atoms with van der Waals surface area (Å²) >= 11 is 0. The predicted octanol–water partition coefficient (Wildman–Crippen LogP) is -0.271. The minimum absolute atomic E-state index is 0.444. The zero-order valence-electron chi connectivity index (χ0n) is 3.15. The van der Waals surface area contributed by atoms with E-state index in [9.17, 15) is 0 Å². The Kier molecular flexibility index (Phi) is 3.07. The highest BCUT2D eigenvalue weighted by molar-refractivity contribution is 4.69. The quantitative estimate of drug-likeness (QED) is 0.341. The van der Waals surface area contributed by atoms with E-state index in [0.717, 1.165) is 0 Å². The Hall–Kier alpha value is -0.550. The van der Waals surface area contributed by atoms with Crippen molar-refractivity contribution in [3.63, 3.8) is 0 Å². The summed E-state index contributed by atoms with van der Waals surface area (Å²) in [4.78, 5) is 0. The van der Waals surface area contributed by atoms with Crippen molar-refractivity contribution < 1.29 is 0 Å². The van der Waals surface area contributed by atoms with Gasteiger partial charge in [0.1, 0.15) is 0 Å². The first kappa shape index (κ1) is 4.45. The maximum Gasteiger partial charge on any atom is 0.0838 e. The van der Waals surface area contributed by atoms with E-state index in [1.807, 2.05) is 6.07 Å². The van der Waals surface area contributed by atoms with Crippen LogP contribution in [0.4, 0.5) is 0 Å². The fourth-order valence-corrected chi connectivity index (χ4v) is 0.0791. The van der Waals surface area contributed by atoms with Gasteiger partial charge in [0, 0.05) is 0 Å². The Morgan fingerprint density at radius 1 is 2.00 bits per heavy atom. The summed E-state index contributed by atoms with van der Waals surface area (Å²) in [6.45, 7) is 0.444. The SMILES string of the molecule is CNC[13C]#N. The number of hydrogen-bond acceptors (Lipinski definition) is 2. The third-order valence-corrected chi connectivity index (χ3v) is 0.256. The normalized spacial score (nSPS) is 6.40. The molecule has 0 aromatic carbocycles. The summed E-state index contributed by atoms with van der Waals surface area (Å²) < 4.78 is 0. The Bertz CT molecular complexity index is 43.3. The fourth-order valence-electron chi connectivity index (χ4n) is 0.0791. The molecule has 0 bridgehead atoms. The maximum absolute atomic E-state index is 7.75. The zero-order valence-corrected chi connectivity index (χ0v) is 3.15.